The van der Waals surface area contributed by atoms with E-state index in [9.17, 15) is 0 Å². The average Bonchev–Trinajstić information content (AvgIpc) is 1.78. The minimum absolute atomic E-state index is 0.319. The number of halogens is 1. The van der Waals surface area contributed by atoms with Crippen LogP contribution in [0, 0.1) is 11.3 Å². The van der Waals surface area contributed by atoms with E-state index in [1.54, 1.807) is 0 Å². The lowest BCUT2D eigenvalue weighted by molar-refractivity contribution is 0.271. The fourth-order valence-electron chi connectivity index (χ4n) is 1.35. The third-order valence-corrected chi connectivity index (χ3v) is 2.99. The third kappa shape index (κ3) is 5.36. The zero-order valence-electron chi connectivity index (χ0n) is 8.95. The van der Waals surface area contributed by atoms with Gasteiger partial charge in [-0.25, -0.2) is 0 Å². The predicted octanol–water partition coefficient (Wildman–Crippen LogP) is 3.21. The lowest BCUT2D eigenvalue weighted by Crippen LogP contribution is -2.34. The van der Waals surface area contributed by atoms with Crippen LogP contribution in [-0.4, -0.2) is 9.97 Å². The fourth-order valence-corrected chi connectivity index (χ4v) is 1.82. The monoisotopic (exact) mass is 283 g/mol. The maximum Gasteiger partial charge on any atom is 0.0206 e. The molecule has 0 saturated heterocycles. The van der Waals surface area contributed by atoms with Gasteiger partial charge in [0.05, 0.1) is 0 Å². The van der Waals surface area contributed by atoms with Crippen molar-refractivity contribution in [1.29, 1.82) is 0 Å². The van der Waals surface area contributed by atoms with Crippen molar-refractivity contribution in [2.75, 3.05) is 6.54 Å². The van der Waals surface area contributed by atoms with Crippen LogP contribution in [0.25, 0.3) is 0 Å². The Labute approximate surface area is 90.6 Å². The summed E-state index contributed by atoms with van der Waals surface area (Å²) in [5, 5.41) is 0. The summed E-state index contributed by atoms with van der Waals surface area (Å²) in [7, 11) is 0. The van der Waals surface area contributed by atoms with Gasteiger partial charge in [-0.2, -0.15) is 0 Å². The van der Waals surface area contributed by atoms with Crippen molar-refractivity contribution in [2.45, 2.75) is 44.5 Å². The van der Waals surface area contributed by atoms with Crippen LogP contribution in [0.5, 0.6) is 0 Å². The van der Waals surface area contributed by atoms with Crippen LogP contribution in [0.15, 0.2) is 0 Å². The molecule has 0 heterocycles. The Morgan fingerprint density at radius 2 is 1.58 bits per heavy atom. The van der Waals surface area contributed by atoms with Gasteiger partial charge in [0.15, 0.2) is 0 Å². The standard InChI is InChI=1S/C10H22IN/c1-9(2,3)6-8(7-12)10(4,5)11/h8H,6-7,12H2,1-5H3. The first kappa shape index (κ1) is 12.7. The van der Waals surface area contributed by atoms with E-state index >= 15 is 0 Å². The largest absolute Gasteiger partial charge is 0.330 e. The Morgan fingerprint density at radius 3 is 1.67 bits per heavy atom. The van der Waals surface area contributed by atoms with Gasteiger partial charge in [-0.15, -0.1) is 0 Å². The molecule has 0 fully saturated rings. The van der Waals surface area contributed by atoms with E-state index in [0.717, 1.165) is 6.54 Å². The van der Waals surface area contributed by atoms with Crippen molar-refractivity contribution >= 4 is 22.6 Å². The van der Waals surface area contributed by atoms with E-state index < -0.39 is 0 Å². The fraction of sp³-hybridized carbons (Fsp3) is 1.00. The van der Waals surface area contributed by atoms with E-state index in [4.69, 9.17) is 5.73 Å². The minimum atomic E-state index is 0.319. The van der Waals surface area contributed by atoms with Crippen LogP contribution >= 0.6 is 22.6 Å². The molecule has 1 atom stereocenters. The molecule has 74 valence electrons. The van der Waals surface area contributed by atoms with Gasteiger partial charge >= 0.3 is 0 Å². The highest BCUT2D eigenvalue weighted by Crippen LogP contribution is 2.35. The smallest absolute Gasteiger partial charge is 0.0206 e. The Morgan fingerprint density at radius 1 is 1.17 bits per heavy atom. The van der Waals surface area contributed by atoms with Gasteiger partial charge in [0.2, 0.25) is 0 Å². The molecule has 0 aliphatic carbocycles. The SMILES string of the molecule is CC(C)(C)CC(CN)C(C)(C)I. The summed E-state index contributed by atoms with van der Waals surface area (Å²) in [5.41, 5.74) is 6.16. The molecular weight excluding hydrogens is 261 g/mol. The molecule has 0 spiro atoms. The highest BCUT2D eigenvalue weighted by Gasteiger charge is 2.28. The Balaban J connectivity index is 4.20. The second-order valence-corrected chi connectivity index (χ2v) is 8.04. The van der Waals surface area contributed by atoms with Crippen molar-refractivity contribution in [3.05, 3.63) is 0 Å². The molecule has 0 amide bonds. The van der Waals surface area contributed by atoms with Gasteiger partial charge in [-0.05, 0) is 24.3 Å². The number of alkyl halides is 1. The van der Waals surface area contributed by atoms with Crippen LogP contribution in [-0.2, 0) is 0 Å². The van der Waals surface area contributed by atoms with Crippen LogP contribution in [0.4, 0.5) is 0 Å². The van der Waals surface area contributed by atoms with E-state index in [-0.39, 0.29) is 0 Å². The minimum Gasteiger partial charge on any atom is -0.330 e. The van der Waals surface area contributed by atoms with E-state index in [1.807, 2.05) is 0 Å². The Bertz CT molecular complexity index is 130. The van der Waals surface area contributed by atoms with Gasteiger partial charge < -0.3 is 5.73 Å². The molecule has 0 aliphatic heterocycles. The van der Waals surface area contributed by atoms with Gasteiger partial charge in [0, 0.05) is 3.42 Å². The molecule has 0 aromatic rings. The molecule has 0 rings (SSSR count). The number of hydrogen-bond donors (Lipinski definition) is 1. The first-order valence-corrected chi connectivity index (χ1v) is 5.63. The van der Waals surface area contributed by atoms with Crippen LogP contribution < -0.4 is 5.73 Å². The van der Waals surface area contributed by atoms with Gasteiger partial charge in [0.25, 0.3) is 0 Å². The number of rotatable bonds is 3. The van der Waals surface area contributed by atoms with E-state index in [2.05, 4.69) is 57.2 Å². The van der Waals surface area contributed by atoms with Gasteiger partial charge in [-0.3, -0.25) is 0 Å². The lowest BCUT2D eigenvalue weighted by Gasteiger charge is -2.33. The van der Waals surface area contributed by atoms with E-state index in [0.29, 0.717) is 14.8 Å². The summed E-state index contributed by atoms with van der Waals surface area (Å²) in [6.45, 7) is 12.1. The van der Waals surface area contributed by atoms with Crippen molar-refractivity contribution in [3.8, 4) is 0 Å². The van der Waals surface area contributed by atoms with Crippen LogP contribution in [0.3, 0.4) is 0 Å². The lowest BCUT2D eigenvalue weighted by atomic mass is 9.80. The van der Waals surface area contributed by atoms with Gasteiger partial charge in [-0.1, -0.05) is 57.2 Å². The maximum absolute atomic E-state index is 5.76. The topological polar surface area (TPSA) is 26.0 Å². The molecule has 2 heteroatoms. The summed E-state index contributed by atoms with van der Waals surface area (Å²) >= 11 is 2.50. The second kappa shape index (κ2) is 4.27. The van der Waals surface area contributed by atoms with Crippen LogP contribution in [0.1, 0.15) is 41.0 Å². The zero-order valence-corrected chi connectivity index (χ0v) is 11.1. The highest BCUT2D eigenvalue weighted by atomic mass is 127. The van der Waals surface area contributed by atoms with Crippen molar-refractivity contribution in [3.63, 3.8) is 0 Å². The molecule has 0 aromatic carbocycles. The molecule has 0 saturated carbocycles. The number of hydrogen-bond acceptors (Lipinski definition) is 1. The molecule has 0 aliphatic rings. The Kier molecular flexibility index (Phi) is 4.51. The first-order valence-electron chi connectivity index (χ1n) is 4.56. The molecular formula is C10H22IN. The molecule has 0 radical (unpaired) electrons. The molecule has 12 heavy (non-hydrogen) atoms. The van der Waals surface area contributed by atoms with Crippen molar-refractivity contribution < 1.29 is 0 Å². The Hall–Kier alpha value is 0.690. The van der Waals surface area contributed by atoms with E-state index in [1.165, 1.54) is 6.42 Å². The van der Waals surface area contributed by atoms with Gasteiger partial charge in [0.1, 0.15) is 0 Å². The second-order valence-electron chi connectivity index (χ2n) is 5.26. The zero-order chi connectivity index (χ0) is 9.99. The summed E-state index contributed by atoms with van der Waals surface area (Å²) in [6.07, 6.45) is 1.21. The number of nitrogens with two attached hydrogens (primary N) is 1. The summed E-state index contributed by atoms with van der Waals surface area (Å²) in [4.78, 5) is 0. The molecule has 1 unspecified atom stereocenters. The predicted molar refractivity (Wildman–Crippen MR) is 64.7 cm³/mol. The maximum atomic E-state index is 5.76. The third-order valence-electron chi connectivity index (χ3n) is 2.11. The highest BCUT2D eigenvalue weighted by molar-refractivity contribution is 14.1. The molecule has 0 bridgehead atoms. The quantitative estimate of drug-likeness (QED) is 0.624. The summed E-state index contributed by atoms with van der Waals surface area (Å²) in [5.74, 6) is 0.623. The van der Waals surface area contributed by atoms with Crippen molar-refractivity contribution in [1.82, 2.24) is 0 Å². The normalized spacial score (nSPS) is 16.2. The molecule has 1 nitrogen and oxygen atoms in total. The first-order chi connectivity index (χ1) is 5.17. The molecule has 2 N–H and O–H groups in total. The average molecular weight is 283 g/mol. The van der Waals surface area contributed by atoms with Crippen LogP contribution in [0.2, 0.25) is 0 Å². The molecule has 0 aromatic heterocycles. The summed E-state index contributed by atoms with van der Waals surface area (Å²) in [6, 6.07) is 0. The summed E-state index contributed by atoms with van der Waals surface area (Å²) < 4.78 is 0.319. The van der Waals surface area contributed by atoms with Crippen molar-refractivity contribution in [2.24, 2.45) is 17.1 Å².